The quantitative estimate of drug-likeness (QED) is 0.331. The van der Waals surface area contributed by atoms with Crippen LogP contribution in [-0.2, 0) is 21.8 Å². The Hall–Kier alpha value is -2.04. The summed E-state index contributed by atoms with van der Waals surface area (Å²) in [7, 11) is -2.45. The molecule has 0 aliphatic heterocycles. The van der Waals surface area contributed by atoms with E-state index < -0.39 is 7.60 Å². The minimum Gasteiger partial charge on any atom is -0.461 e. The van der Waals surface area contributed by atoms with E-state index >= 15 is 0 Å². The molecule has 0 saturated carbocycles. The van der Waals surface area contributed by atoms with Crippen molar-refractivity contribution in [1.29, 1.82) is 0 Å². The Bertz CT molecular complexity index is 1040. The van der Waals surface area contributed by atoms with Gasteiger partial charge in [0.1, 0.15) is 6.61 Å². The Balaban J connectivity index is 1.95. The molecule has 0 radical (unpaired) electrons. The molecule has 0 fully saturated rings. The Morgan fingerprint density at radius 1 is 1.29 bits per heavy atom. The smallest absolute Gasteiger partial charge is 0.332 e. The molecule has 28 heavy (non-hydrogen) atoms. The number of anilines is 1. The Kier molecular flexibility index (Phi) is 6.31. The predicted molar refractivity (Wildman–Crippen MR) is 106 cm³/mol. The molecule has 1 atom stereocenters. The van der Waals surface area contributed by atoms with Gasteiger partial charge < -0.3 is 25.0 Å². The molecule has 0 bridgehead atoms. The number of aromatic nitrogens is 4. The second-order valence-corrected chi connectivity index (χ2v) is 8.57. The van der Waals surface area contributed by atoms with Crippen LogP contribution in [-0.4, -0.2) is 49.8 Å². The van der Waals surface area contributed by atoms with E-state index in [1.807, 2.05) is 12.1 Å². The van der Waals surface area contributed by atoms with Crippen molar-refractivity contribution < 1.29 is 23.8 Å². The molecule has 150 valence electrons. The summed E-state index contributed by atoms with van der Waals surface area (Å²) in [5, 5.41) is 8.90. The Morgan fingerprint density at radius 3 is 2.75 bits per heavy atom. The number of benzene rings is 1. The van der Waals surface area contributed by atoms with Crippen LogP contribution in [0.3, 0.4) is 0 Å². The van der Waals surface area contributed by atoms with Gasteiger partial charge in [-0.15, -0.1) is 0 Å². The fourth-order valence-corrected chi connectivity index (χ4v) is 3.88. The summed E-state index contributed by atoms with van der Waals surface area (Å²) in [6, 6.07) is 7.29. The van der Waals surface area contributed by atoms with Crippen molar-refractivity contribution in [3.63, 3.8) is 0 Å². The van der Waals surface area contributed by atoms with Crippen LogP contribution in [0.1, 0.15) is 11.1 Å². The minimum absolute atomic E-state index is 0.0442. The lowest BCUT2D eigenvalue weighted by atomic mass is 10.1. The molecule has 3 aromatic rings. The molecule has 1 unspecified atom stereocenters. The van der Waals surface area contributed by atoms with Crippen LogP contribution in [0.25, 0.3) is 11.2 Å². The summed E-state index contributed by atoms with van der Waals surface area (Å²) in [6.45, 7) is 0.250. The fraction of sp³-hybridized carbons (Fsp3) is 0.312. The number of ether oxygens (including phenoxy) is 1. The minimum atomic E-state index is -3.66. The molecule has 0 saturated heterocycles. The average Bonchev–Trinajstić information content (AvgIpc) is 2.96. The van der Waals surface area contributed by atoms with Gasteiger partial charge in [-0.3, -0.25) is 9.13 Å². The number of rotatable bonds is 8. The molecule has 0 amide bonds. The Labute approximate surface area is 169 Å². The summed E-state index contributed by atoms with van der Waals surface area (Å²) in [6.07, 6.45) is -0.0859. The molecule has 2 heterocycles. The molecule has 0 spiro atoms. The fourth-order valence-electron chi connectivity index (χ4n) is 2.62. The van der Waals surface area contributed by atoms with Gasteiger partial charge in [-0.1, -0.05) is 24.3 Å². The van der Waals surface area contributed by atoms with E-state index in [1.54, 1.807) is 16.7 Å². The van der Waals surface area contributed by atoms with Crippen molar-refractivity contribution in [1.82, 2.24) is 19.5 Å². The van der Waals surface area contributed by atoms with Crippen LogP contribution in [0, 0.1) is 0 Å². The van der Waals surface area contributed by atoms with Gasteiger partial charge in [0.05, 0.1) is 19.3 Å². The van der Waals surface area contributed by atoms with E-state index in [2.05, 4.69) is 35.4 Å². The van der Waals surface area contributed by atoms with Crippen LogP contribution in [0.5, 0.6) is 6.01 Å². The van der Waals surface area contributed by atoms with Crippen molar-refractivity contribution in [2.24, 2.45) is 0 Å². The van der Waals surface area contributed by atoms with Gasteiger partial charge in [-0.25, -0.2) is 4.98 Å². The molecule has 10 nitrogen and oxygen atoms in total. The van der Waals surface area contributed by atoms with Crippen LogP contribution >= 0.6 is 23.5 Å². The molecule has 3 rings (SSSR count). The van der Waals surface area contributed by atoms with E-state index in [0.717, 1.165) is 5.56 Å². The topological polar surface area (TPSA) is 146 Å². The van der Waals surface area contributed by atoms with Gasteiger partial charge in [-0.05, 0) is 27.1 Å². The molecule has 1 aromatic carbocycles. The zero-order valence-electron chi connectivity index (χ0n) is 14.9. The summed E-state index contributed by atoms with van der Waals surface area (Å²) < 4.78 is 24.0. The molecular formula is C16H19BrN5O5P. The first-order valence-corrected chi connectivity index (χ1v) is 10.8. The maximum Gasteiger partial charge on any atom is 0.332 e. The number of nitrogens with two attached hydrogens (primary N) is 1. The number of fused-ring (bicyclic) bond motifs is 1. The van der Waals surface area contributed by atoms with Crippen LogP contribution in [0.4, 0.5) is 5.82 Å². The third-order valence-electron chi connectivity index (χ3n) is 3.88. The number of imidazole rings is 1. The van der Waals surface area contributed by atoms with Gasteiger partial charge in [0.25, 0.3) is 0 Å². The number of halogens is 1. The number of aliphatic hydroxyl groups excluding tert-OH is 1. The number of hydrogen-bond donors (Lipinski definition) is 3. The van der Waals surface area contributed by atoms with E-state index in [1.165, 1.54) is 7.11 Å². The van der Waals surface area contributed by atoms with Crippen molar-refractivity contribution in [3.05, 3.63) is 40.1 Å². The Morgan fingerprint density at radius 2 is 2.04 bits per heavy atom. The van der Waals surface area contributed by atoms with Gasteiger partial charge in [-0.2, -0.15) is 9.97 Å². The van der Waals surface area contributed by atoms with E-state index in [4.69, 9.17) is 15.6 Å². The van der Waals surface area contributed by atoms with Crippen molar-refractivity contribution in [3.8, 4) is 6.01 Å². The summed E-state index contributed by atoms with van der Waals surface area (Å²) >= 11 is 3.40. The normalized spacial score (nSPS) is 13.6. The van der Waals surface area contributed by atoms with Gasteiger partial charge >= 0.3 is 13.6 Å². The predicted octanol–water partition coefficient (Wildman–Crippen LogP) is 1.92. The molecule has 2 aromatic heterocycles. The monoisotopic (exact) mass is 471 g/mol. The lowest BCUT2D eigenvalue weighted by Crippen LogP contribution is -2.08. The maximum atomic E-state index is 11.8. The first-order chi connectivity index (χ1) is 13.3. The SMILES string of the molecule is COP(=O)(O)Cc1cccc(Cn2c(Br)nc3c(N)nc(OCCO)nc32)c1. The highest BCUT2D eigenvalue weighted by Crippen LogP contribution is 2.44. The maximum absolute atomic E-state index is 11.8. The van der Waals surface area contributed by atoms with Crippen LogP contribution in [0.15, 0.2) is 29.0 Å². The van der Waals surface area contributed by atoms with Crippen molar-refractivity contribution >= 4 is 40.5 Å². The zero-order chi connectivity index (χ0) is 20.3. The molecule has 0 aliphatic carbocycles. The van der Waals surface area contributed by atoms with Crippen molar-refractivity contribution in [2.45, 2.75) is 12.7 Å². The number of nitrogen functional groups attached to an aromatic ring is 1. The third-order valence-corrected chi connectivity index (χ3v) is 5.82. The summed E-state index contributed by atoms with van der Waals surface area (Å²) in [5.41, 5.74) is 8.36. The first-order valence-electron chi connectivity index (χ1n) is 8.21. The number of aliphatic hydroxyl groups is 1. The van der Waals surface area contributed by atoms with E-state index in [-0.39, 0.29) is 31.2 Å². The molecule has 4 N–H and O–H groups in total. The van der Waals surface area contributed by atoms with E-state index in [0.29, 0.717) is 28.0 Å². The average molecular weight is 472 g/mol. The highest BCUT2D eigenvalue weighted by Gasteiger charge is 2.19. The van der Waals surface area contributed by atoms with Crippen LogP contribution < -0.4 is 10.5 Å². The summed E-state index contributed by atoms with van der Waals surface area (Å²) in [4.78, 5) is 22.4. The standard InChI is InChI=1S/C16H19BrN5O5P/c1-26-28(24,25)9-11-4-2-3-10(7-11)8-22-14-12(19-15(22)17)13(18)20-16(21-14)27-6-5-23/h2-4,7,23H,5-6,8-9H2,1H3,(H,24,25)(H2,18,20,21). The second-order valence-electron chi connectivity index (χ2n) is 5.90. The van der Waals surface area contributed by atoms with Gasteiger partial charge in [0.15, 0.2) is 21.7 Å². The third kappa shape index (κ3) is 4.68. The zero-order valence-corrected chi connectivity index (χ0v) is 17.4. The lowest BCUT2D eigenvalue weighted by molar-refractivity contribution is 0.192. The van der Waals surface area contributed by atoms with Gasteiger partial charge in [0.2, 0.25) is 0 Å². The highest BCUT2D eigenvalue weighted by molar-refractivity contribution is 9.10. The van der Waals surface area contributed by atoms with Gasteiger partial charge in [0, 0.05) is 7.11 Å². The van der Waals surface area contributed by atoms with E-state index in [9.17, 15) is 9.46 Å². The van der Waals surface area contributed by atoms with Crippen LogP contribution in [0.2, 0.25) is 0 Å². The highest BCUT2D eigenvalue weighted by atomic mass is 79.9. The number of nitrogens with zero attached hydrogens (tertiary/aromatic N) is 4. The lowest BCUT2D eigenvalue weighted by Gasteiger charge is -2.11. The molecule has 0 aliphatic rings. The second kappa shape index (κ2) is 8.54. The summed E-state index contributed by atoms with van der Waals surface area (Å²) in [5.74, 6) is 0.160. The molecule has 12 heteroatoms. The van der Waals surface area contributed by atoms with Crippen molar-refractivity contribution in [2.75, 3.05) is 26.1 Å². The first kappa shape index (κ1) is 20.7. The largest absolute Gasteiger partial charge is 0.461 e. The number of hydrogen-bond acceptors (Lipinski definition) is 8. The molecular weight excluding hydrogens is 453 g/mol.